The molecule has 3 aliphatic rings. The standard InChI is InChI=1S/C16H27N3O2.ClH/c1-16(10-17)6-7-18(11-16)15(21)12-8-14(20)19(9-12)13-4-2-3-5-13;/h12-13H,2-11,17H2,1H3;1H. The molecule has 0 radical (unpaired) electrons. The van der Waals surface area contributed by atoms with Crippen LogP contribution in [0, 0.1) is 11.3 Å². The van der Waals surface area contributed by atoms with Crippen LogP contribution in [0.15, 0.2) is 0 Å². The summed E-state index contributed by atoms with van der Waals surface area (Å²) < 4.78 is 0. The van der Waals surface area contributed by atoms with Gasteiger partial charge in [0.1, 0.15) is 0 Å². The molecule has 0 aromatic carbocycles. The van der Waals surface area contributed by atoms with Crippen molar-refractivity contribution in [2.45, 2.75) is 51.5 Å². The van der Waals surface area contributed by atoms with Gasteiger partial charge in [-0.15, -0.1) is 12.4 Å². The highest BCUT2D eigenvalue weighted by atomic mass is 35.5. The number of nitrogens with two attached hydrogens (primary N) is 1. The van der Waals surface area contributed by atoms with Gasteiger partial charge in [0.2, 0.25) is 11.8 Å². The van der Waals surface area contributed by atoms with Crippen LogP contribution in [0.5, 0.6) is 0 Å². The van der Waals surface area contributed by atoms with Gasteiger partial charge in [-0.25, -0.2) is 0 Å². The van der Waals surface area contributed by atoms with Gasteiger partial charge >= 0.3 is 0 Å². The lowest BCUT2D eigenvalue weighted by Crippen LogP contribution is -2.39. The van der Waals surface area contributed by atoms with Crippen LogP contribution < -0.4 is 5.73 Å². The van der Waals surface area contributed by atoms with Crippen LogP contribution in [0.1, 0.15) is 45.4 Å². The molecule has 2 aliphatic heterocycles. The van der Waals surface area contributed by atoms with E-state index in [4.69, 9.17) is 5.73 Å². The molecule has 0 spiro atoms. The Kier molecular flexibility index (Phi) is 5.38. The average molecular weight is 330 g/mol. The highest BCUT2D eigenvalue weighted by Crippen LogP contribution is 2.33. The maximum Gasteiger partial charge on any atom is 0.228 e. The quantitative estimate of drug-likeness (QED) is 0.851. The summed E-state index contributed by atoms with van der Waals surface area (Å²) in [6.07, 6.45) is 6.04. The first-order valence-corrected chi connectivity index (χ1v) is 8.31. The Labute approximate surface area is 139 Å². The van der Waals surface area contributed by atoms with Crippen molar-refractivity contribution in [1.29, 1.82) is 0 Å². The molecule has 2 saturated heterocycles. The van der Waals surface area contributed by atoms with E-state index in [1.807, 2.05) is 9.80 Å². The van der Waals surface area contributed by atoms with E-state index in [0.717, 1.165) is 32.4 Å². The minimum Gasteiger partial charge on any atom is -0.342 e. The molecule has 2 heterocycles. The normalized spacial score (nSPS) is 32.6. The second-order valence-electron chi connectivity index (χ2n) is 7.41. The molecule has 1 saturated carbocycles. The second kappa shape index (κ2) is 6.75. The number of carbonyl (C=O) groups excluding carboxylic acids is 2. The third-order valence-corrected chi connectivity index (χ3v) is 5.64. The van der Waals surface area contributed by atoms with Crippen LogP contribution in [-0.4, -0.2) is 53.8 Å². The summed E-state index contributed by atoms with van der Waals surface area (Å²) in [6.45, 7) is 4.94. The summed E-state index contributed by atoms with van der Waals surface area (Å²) in [5, 5.41) is 0. The van der Waals surface area contributed by atoms with Crippen LogP contribution in [0.2, 0.25) is 0 Å². The molecule has 0 bridgehead atoms. The fourth-order valence-electron chi connectivity index (χ4n) is 4.10. The summed E-state index contributed by atoms with van der Waals surface area (Å²) in [6, 6.07) is 0.392. The lowest BCUT2D eigenvalue weighted by molar-refractivity contribution is -0.135. The molecule has 0 aromatic rings. The van der Waals surface area contributed by atoms with Gasteiger partial charge in [-0.3, -0.25) is 9.59 Å². The van der Waals surface area contributed by atoms with E-state index in [2.05, 4.69) is 6.92 Å². The Morgan fingerprint density at radius 1 is 1.36 bits per heavy atom. The molecule has 2 unspecified atom stereocenters. The molecule has 126 valence electrons. The monoisotopic (exact) mass is 329 g/mol. The van der Waals surface area contributed by atoms with Crippen molar-refractivity contribution < 1.29 is 9.59 Å². The zero-order valence-corrected chi connectivity index (χ0v) is 14.2. The maximum atomic E-state index is 12.7. The zero-order valence-electron chi connectivity index (χ0n) is 13.4. The first-order chi connectivity index (χ1) is 10.0. The Hall–Kier alpha value is -0.810. The smallest absolute Gasteiger partial charge is 0.228 e. The molecule has 2 amide bonds. The third-order valence-electron chi connectivity index (χ3n) is 5.64. The summed E-state index contributed by atoms with van der Waals surface area (Å²) in [7, 11) is 0. The van der Waals surface area contributed by atoms with Crippen molar-refractivity contribution in [2.75, 3.05) is 26.2 Å². The first kappa shape index (κ1) is 17.5. The number of hydrogen-bond donors (Lipinski definition) is 1. The van der Waals surface area contributed by atoms with Crippen molar-refractivity contribution in [2.24, 2.45) is 17.1 Å². The lowest BCUT2D eigenvalue weighted by Gasteiger charge is -2.26. The van der Waals surface area contributed by atoms with Crippen molar-refractivity contribution in [3.8, 4) is 0 Å². The summed E-state index contributed by atoms with van der Waals surface area (Å²) in [4.78, 5) is 28.8. The van der Waals surface area contributed by atoms with E-state index in [1.165, 1.54) is 12.8 Å². The third kappa shape index (κ3) is 3.25. The number of amides is 2. The zero-order chi connectivity index (χ0) is 15.0. The van der Waals surface area contributed by atoms with Crippen LogP contribution in [0.25, 0.3) is 0 Å². The van der Waals surface area contributed by atoms with Gasteiger partial charge in [0, 0.05) is 32.1 Å². The van der Waals surface area contributed by atoms with Crippen molar-refractivity contribution in [3.63, 3.8) is 0 Å². The van der Waals surface area contributed by atoms with Crippen LogP contribution in [-0.2, 0) is 9.59 Å². The predicted molar refractivity (Wildman–Crippen MR) is 87.7 cm³/mol. The molecule has 0 aromatic heterocycles. The van der Waals surface area contributed by atoms with Gasteiger partial charge in [0.25, 0.3) is 0 Å². The van der Waals surface area contributed by atoms with Gasteiger partial charge in [0.05, 0.1) is 5.92 Å². The largest absolute Gasteiger partial charge is 0.342 e. The Morgan fingerprint density at radius 2 is 2.05 bits per heavy atom. The molecule has 22 heavy (non-hydrogen) atoms. The Balaban J connectivity index is 0.00000176. The number of nitrogens with zero attached hydrogens (tertiary/aromatic N) is 2. The van der Waals surface area contributed by atoms with E-state index in [9.17, 15) is 9.59 Å². The van der Waals surface area contributed by atoms with Crippen molar-refractivity contribution in [3.05, 3.63) is 0 Å². The van der Waals surface area contributed by atoms with Crippen LogP contribution >= 0.6 is 12.4 Å². The number of likely N-dealkylation sites (tertiary alicyclic amines) is 2. The minimum absolute atomic E-state index is 0. The molecule has 3 rings (SSSR count). The van der Waals surface area contributed by atoms with Crippen molar-refractivity contribution in [1.82, 2.24) is 9.80 Å². The predicted octanol–water partition coefficient (Wildman–Crippen LogP) is 1.40. The molecule has 2 atom stereocenters. The first-order valence-electron chi connectivity index (χ1n) is 8.31. The molecule has 2 N–H and O–H groups in total. The SMILES string of the molecule is CC1(CN)CCN(C(=O)C2CC(=O)N(C3CCCC3)C2)C1.Cl. The molecule has 6 heteroatoms. The highest BCUT2D eigenvalue weighted by Gasteiger charge is 2.43. The summed E-state index contributed by atoms with van der Waals surface area (Å²) in [5.41, 5.74) is 5.87. The summed E-state index contributed by atoms with van der Waals surface area (Å²) in [5.74, 6) is 0.222. The van der Waals surface area contributed by atoms with Crippen molar-refractivity contribution >= 4 is 24.2 Å². The number of carbonyl (C=O) groups is 2. The van der Waals surface area contributed by atoms with Gasteiger partial charge in [-0.1, -0.05) is 19.8 Å². The van der Waals surface area contributed by atoms with E-state index < -0.39 is 0 Å². The molecule has 1 aliphatic carbocycles. The van der Waals surface area contributed by atoms with Crippen LogP contribution in [0.4, 0.5) is 0 Å². The van der Waals surface area contributed by atoms with Gasteiger partial charge in [-0.05, 0) is 31.2 Å². The van der Waals surface area contributed by atoms with E-state index in [0.29, 0.717) is 25.6 Å². The number of halogens is 1. The topological polar surface area (TPSA) is 66.6 Å². The van der Waals surface area contributed by atoms with E-state index >= 15 is 0 Å². The van der Waals surface area contributed by atoms with E-state index in [1.54, 1.807) is 0 Å². The highest BCUT2D eigenvalue weighted by molar-refractivity contribution is 5.89. The van der Waals surface area contributed by atoms with Gasteiger partial charge in [-0.2, -0.15) is 0 Å². The second-order valence-corrected chi connectivity index (χ2v) is 7.41. The number of rotatable bonds is 3. The maximum absolute atomic E-state index is 12.7. The van der Waals surface area contributed by atoms with Gasteiger partial charge < -0.3 is 15.5 Å². The number of hydrogen-bond acceptors (Lipinski definition) is 3. The molecule has 5 nitrogen and oxygen atoms in total. The Bertz CT molecular complexity index is 439. The lowest BCUT2D eigenvalue weighted by atomic mass is 9.90. The molecule has 3 fully saturated rings. The van der Waals surface area contributed by atoms with E-state index in [-0.39, 0.29) is 35.6 Å². The molecular formula is C16H28ClN3O2. The average Bonchev–Trinajstić information content (AvgIpc) is 3.17. The summed E-state index contributed by atoms with van der Waals surface area (Å²) >= 11 is 0. The van der Waals surface area contributed by atoms with Crippen LogP contribution in [0.3, 0.4) is 0 Å². The minimum atomic E-state index is -0.127. The van der Waals surface area contributed by atoms with Gasteiger partial charge in [0.15, 0.2) is 0 Å². The molecular weight excluding hydrogens is 302 g/mol. The Morgan fingerprint density at radius 3 is 2.64 bits per heavy atom. The fourth-order valence-corrected chi connectivity index (χ4v) is 4.10. The fraction of sp³-hybridized carbons (Fsp3) is 0.875.